The highest BCUT2D eigenvalue weighted by Crippen LogP contribution is 2.46. The average Bonchev–Trinajstić information content (AvgIpc) is 3.46. The van der Waals surface area contributed by atoms with Crippen LogP contribution in [-0.4, -0.2) is 75.0 Å². The molecule has 2 amide bonds. The maximum Gasteiger partial charge on any atom is 0.332 e. The Morgan fingerprint density at radius 1 is 1.27 bits per heavy atom. The fourth-order valence-corrected chi connectivity index (χ4v) is 6.48. The van der Waals surface area contributed by atoms with Gasteiger partial charge in [0.15, 0.2) is 0 Å². The normalized spacial score (nSPS) is 28.8. The van der Waals surface area contributed by atoms with Crippen LogP contribution in [0.15, 0.2) is 40.5 Å². The predicted octanol–water partition coefficient (Wildman–Crippen LogP) is 2.59. The molecule has 3 N–H and O–H groups in total. The van der Waals surface area contributed by atoms with E-state index in [0.29, 0.717) is 24.2 Å². The van der Waals surface area contributed by atoms with E-state index in [2.05, 4.69) is 26.3 Å². The average molecular weight is 581 g/mol. The summed E-state index contributed by atoms with van der Waals surface area (Å²) in [5.74, 6) is -0.556. The Morgan fingerprint density at radius 2 is 2.15 bits per heavy atom. The third-order valence-electron chi connectivity index (χ3n) is 8.00. The van der Waals surface area contributed by atoms with Crippen LogP contribution >= 0.6 is 11.3 Å². The topological polar surface area (TPSA) is 163 Å². The lowest BCUT2D eigenvalue weighted by Gasteiger charge is -2.28. The summed E-state index contributed by atoms with van der Waals surface area (Å²) in [5.41, 5.74) is 5.87. The monoisotopic (exact) mass is 580 g/mol. The highest BCUT2D eigenvalue weighted by atomic mass is 32.1. The van der Waals surface area contributed by atoms with E-state index in [1.165, 1.54) is 35.8 Å². The number of methoxy groups -OCH3 is 1. The Balaban J connectivity index is 1.29. The van der Waals surface area contributed by atoms with E-state index < -0.39 is 35.6 Å². The Hall–Kier alpha value is -3.84. The first-order valence-corrected chi connectivity index (χ1v) is 14.7. The smallest absolute Gasteiger partial charge is 0.332 e. The molecular formula is C28H32N6O6S. The molecule has 216 valence electrons. The minimum Gasteiger partial charge on any atom is -0.471 e. The van der Waals surface area contributed by atoms with Gasteiger partial charge < -0.3 is 29.8 Å². The summed E-state index contributed by atoms with van der Waals surface area (Å²) < 4.78 is 17.5. The van der Waals surface area contributed by atoms with E-state index in [0.717, 1.165) is 30.4 Å². The van der Waals surface area contributed by atoms with Crippen molar-refractivity contribution < 1.29 is 28.3 Å². The summed E-state index contributed by atoms with van der Waals surface area (Å²) in [6.07, 6.45) is 11.2. The number of carbonyl (C=O) groups is 3. The van der Waals surface area contributed by atoms with E-state index in [1.807, 2.05) is 17.5 Å². The molecule has 0 aromatic carbocycles. The molecule has 1 aliphatic carbocycles. The molecule has 1 saturated heterocycles. The molecule has 5 atom stereocenters. The molecule has 0 radical (unpaired) electrons. The number of carbonyl (C=O) groups excluding carboxylic acids is 3. The number of rotatable bonds is 4. The molecule has 2 fully saturated rings. The zero-order valence-electron chi connectivity index (χ0n) is 22.7. The zero-order valence-corrected chi connectivity index (χ0v) is 23.5. The predicted molar refractivity (Wildman–Crippen MR) is 149 cm³/mol. The van der Waals surface area contributed by atoms with E-state index in [1.54, 1.807) is 0 Å². The van der Waals surface area contributed by atoms with Crippen LogP contribution in [0.4, 0.5) is 0 Å². The van der Waals surface area contributed by atoms with Crippen molar-refractivity contribution in [2.75, 3.05) is 13.7 Å². The van der Waals surface area contributed by atoms with Crippen molar-refractivity contribution in [3.63, 3.8) is 0 Å². The highest BCUT2D eigenvalue weighted by molar-refractivity contribution is 7.17. The van der Waals surface area contributed by atoms with E-state index in [9.17, 15) is 14.4 Å². The fraction of sp³-hybridized carbons (Fsp3) is 0.500. The lowest BCUT2D eigenvalue weighted by molar-refractivity contribution is -0.148. The Labute approximate surface area is 240 Å². The van der Waals surface area contributed by atoms with Crippen molar-refractivity contribution >= 4 is 39.3 Å². The number of nitrogens with two attached hydrogens (primary N) is 1. The Kier molecular flexibility index (Phi) is 7.47. The van der Waals surface area contributed by atoms with Crippen molar-refractivity contribution in [1.82, 2.24) is 25.2 Å². The van der Waals surface area contributed by atoms with Crippen molar-refractivity contribution in [1.29, 1.82) is 0 Å². The number of fused-ring (bicyclic) bond motifs is 3. The summed E-state index contributed by atoms with van der Waals surface area (Å²) in [4.78, 5) is 54.8. The SMILES string of the molecule is COC(=O)[C@@]12C[C@H]1C=CCCCCC[C@H](N)C(=O)N1C[C@H](Oc3nc(-c4ncco4)nc4ccsc34)C[C@H]1C(=O)N2. The highest BCUT2D eigenvalue weighted by Gasteiger charge is 2.62. The van der Waals surface area contributed by atoms with Gasteiger partial charge in [-0.05, 0) is 37.1 Å². The maximum atomic E-state index is 13.7. The van der Waals surface area contributed by atoms with Gasteiger partial charge in [0.1, 0.15) is 28.6 Å². The first-order chi connectivity index (χ1) is 19.9. The van der Waals surface area contributed by atoms with Gasteiger partial charge in [-0.25, -0.2) is 14.8 Å². The van der Waals surface area contributed by atoms with Crippen LogP contribution < -0.4 is 15.8 Å². The van der Waals surface area contributed by atoms with E-state index in [-0.39, 0.29) is 36.5 Å². The van der Waals surface area contributed by atoms with Crippen molar-refractivity contribution in [2.45, 2.75) is 68.7 Å². The Morgan fingerprint density at radius 3 is 2.95 bits per heavy atom. The molecule has 3 aromatic rings. The minimum atomic E-state index is -1.14. The van der Waals surface area contributed by atoms with Gasteiger partial charge in [0.25, 0.3) is 5.89 Å². The van der Waals surface area contributed by atoms with Crippen LogP contribution in [-0.2, 0) is 19.1 Å². The van der Waals surface area contributed by atoms with Gasteiger partial charge in [0.2, 0.25) is 23.5 Å². The van der Waals surface area contributed by atoms with E-state index in [4.69, 9.17) is 19.6 Å². The zero-order chi connectivity index (χ0) is 28.6. The molecule has 6 rings (SSSR count). The number of nitrogens with zero attached hydrogens (tertiary/aromatic N) is 4. The third kappa shape index (κ3) is 5.31. The lowest BCUT2D eigenvalue weighted by Crippen LogP contribution is -2.55. The fourth-order valence-electron chi connectivity index (χ4n) is 5.71. The van der Waals surface area contributed by atoms with Crippen LogP contribution in [0.5, 0.6) is 5.88 Å². The molecule has 0 spiro atoms. The number of allylic oxidation sites excluding steroid dienone is 1. The molecule has 5 heterocycles. The third-order valence-corrected chi connectivity index (χ3v) is 8.90. The van der Waals surface area contributed by atoms with Crippen molar-refractivity contribution in [3.05, 3.63) is 36.1 Å². The minimum absolute atomic E-state index is 0.143. The molecule has 12 nitrogen and oxygen atoms in total. The van der Waals surface area contributed by atoms with Crippen LogP contribution in [0.1, 0.15) is 44.9 Å². The molecule has 13 heteroatoms. The molecule has 2 aliphatic heterocycles. The number of esters is 1. The van der Waals surface area contributed by atoms with Crippen LogP contribution in [0.2, 0.25) is 0 Å². The van der Waals surface area contributed by atoms with Gasteiger partial charge in [-0.1, -0.05) is 25.0 Å². The van der Waals surface area contributed by atoms with Gasteiger partial charge in [-0.3, -0.25) is 9.59 Å². The second-order valence-electron chi connectivity index (χ2n) is 10.7. The number of amides is 2. The summed E-state index contributed by atoms with van der Waals surface area (Å²) in [6.45, 7) is 0.143. The molecule has 3 aromatic heterocycles. The van der Waals surface area contributed by atoms with Crippen LogP contribution in [0.25, 0.3) is 21.9 Å². The van der Waals surface area contributed by atoms with Crippen LogP contribution in [0, 0.1) is 5.92 Å². The second kappa shape index (κ2) is 11.2. The number of oxazole rings is 1. The molecule has 3 aliphatic rings. The quantitative estimate of drug-likeness (QED) is 0.346. The van der Waals surface area contributed by atoms with Gasteiger partial charge in [0, 0.05) is 12.3 Å². The summed E-state index contributed by atoms with van der Waals surface area (Å²) in [7, 11) is 1.31. The number of aromatic nitrogens is 3. The summed E-state index contributed by atoms with van der Waals surface area (Å²) in [5, 5.41) is 4.81. The largest absolute Gasteiger partial charge is 0.471 e. The number of nitrogens with one attached hydrogen (secondary N) is 1. The number of hydrogen-bond donors (Lipinski definition) is 2. The first-order valence-electron chi connectivity index (χ1n) is 13.8. The summed E-state index contributed by atoms with van der Waals surface area (Å²) in [6, 6.07) is 0.234. The van der Waals surface area contributed by atoms with Gasteiger partial charge in [0.05, 0.1) is 31.4 Å². The first kappa shape index (κ1) is 27.3. The van der Waals surface area contributed by atoms with Crippen LogP contribution in [0.3, 0.4) is 0 Å². The summed E-state index contributed by atoms with van der Waals surface area (Å²) >= 11 is 1.42. The maximum absolute atomic E-state index is 13.7. The lowest BCUT2D eigenvalue weighted by atomic mass is 10.1. The van der Waals surface area contributed by atoms with E-state index >= 15 is 0 Å². The second-order valence-corrected chi connectivity index (χ2v) is 11.7. The number of ether oxygens (including phenoxy) is 2. The van der Waals surface area contributed by atoms with Gasteiger partial charge >= 0.3 is 5.97 Å². The Bertz CT molecular complexity index is 1470. The van der Waals surface area contributed by atoms with Crippen molar-refractivity contribution in [2.24, 2.45) is 11.7 Å². The molecular weight excluding hydrogens is 548 g/mol. The van der Waals surface area contributed by atoms with Gasteiger partial charge in [-0.15, -0.1) is 11.3 Å². The van der Waals surface area contributed by atoms with Crippen molar-refractivity contribution in [3.8, 4) is 17.6 Å². The number of thiophene rings is 1. The van der Waals surface area contributed by atoms with Gasteiger partial charge in [-0.2, -0.15) is 4.98 Å². The number of hydrogen-bond acceptors (Lipinski definition) is 11. The molecule has 41 heavy (non-hydrogen) atoms. The standard InChI is InChI=1S/C28H32N6O6S/c1-38-27(37)28-14-16(28)7-5-3-2-4-6-8-18(29)26(36)34-15-17(13-20(34)23(35)33-28)40-24-21-19(9-12-41-21)31-22(32-24)25-30-10-11-39-25/h5,7,9-12,16-18,20H,2-4,6,8,13-15,29H2,1H3,(H,33,35)/t16-,17-,18+,20+,28-/m1/s1. The molecule has 0 bridgehead atoms. The molecule has 1 saturated carbocycles. The molecule has 0 unspecified atom stereocenters.